The lowest BCUT2D eigenvalue weighted by Gasteiger charge is -2.10. The van der Waals surface area contributed by atoms with Gasteiger partial charge in [0.25, 0.3) is 0 Å². The molecule has 0 bridgehead atoms. The molecule has 40 heavy (non-hydrogen) atoms. The van der Waals surface area contributed by atoms with Crippen molar-refractivity contribution in [2.45, 2.75) is 6.92 Å². The fraction of sp³-hybridized carbons (Fsp3) is 0.0286. The first-order valence-corrected chi connectivity index (χ1v) is 12.7. The molecular formula is C35H22N4S. The predicted octanol–water partition coefficient (Wildman–Crippen LogP) is 9.35. The Morgan fingerprint density at radius 3 is 1.95 bits per heavy atom. The molecule has 0 saturated heterocycles. The van der Waals surface area contributed by atoms with Gasteiger partial charge in [0.05, 0.1) is 57.0 Å². The van der Waals surface area contributed by atoms with E-state index in [0.29, 0.717) is 0 Å². The quantitative estimate of drug-likeness (QED) is 0.215. The Kier molecular flexibility index (Phi) is 2.11. The van der Waals surface area contributed by atoms with Gasteiger partial charge in [0.2, 0.25) is 0 Å². The lowest BCUT2D eigenvalue weighted by molar-refractivity contribution is 1.07. The summed E-state index contributed by atoms with van der Waals surface area (Å²) in [6.07, 6.45) is -0.629. The molecule has 0 unspecified atom stereocenters. The van der Waals surface area contributed by atoms with Gasteiger partial charge in [-0.1, -0.05) is 66.0 Å². The Morgan fingerprint density at radius 2 is 1.23 bits per heavy atom. The number of aromatic nitrogens is 4. The first kappa shape index (κ1) is 10.5. The Bertz CT molecular complexity index is 3440. The molecular weight excluding hydrogens is 508 g/mol. The maximum atomic E-state index is 9.78. The van der Waals surface area contributed by atoms with E-state index in [1.807, 2.05) is 0 Å². The van der Waals surface area contributed by atoms with Crippen LogP contribution in [0, 0.1) is 6.92 Å². The number of hydrogen-bond acceptors (Lipinski definition) is 3. The Hall–Kier alpha value is -5.00. The standard InChI is InChI=1S/C35H22N4S/c1-21-14-17-32-27(18-21)33-34(40-32)35(37-20-36-33)39-30-13-7-4-10-25(30)26-19-22(15-16-31(26)39)38-28-11-5-2-8-23(28)24-9-3-6-12-29(24)38/h2-20H,1H3/i2D,3D,4D,5D,6D,7D,8D,9D,10D,11D,12D,13D,14D,15D,16D,17D,18D,19D,20D. The number of hydrogen-bond donors (Lipinski definition) is 0. The maximum absolute atomic E-state index is 9.78. The molecule has 0 radical (unpaired) electrons. The summed E-state index contributed by atoms with van der Waals surface area (Å²) < 4.78 is 170. The molecule has 188 valence electrons. The third-order valence-electron chi connectivity index (χ3n) is 6.69. The van der Waals surface area contributed by atoms with Gasteiger partial charge in [0, 0.05) is 37.3 Å². The maximum Gasteiger partial charge on any atom is 0.159 e. The van der Waals surface area contributed by atoms with Crippen LogP contribution in [0.2, 0.25) is 0 Å². The molecule has 4 heterocycles. The summed E-state index contributed by atoms with van der Waals surface area (Å²) in [5.41, 5.74) is -2.02. The van der Waals surface area contributed by atoms with Crippen molar-refractivity contribution in [2.24, 2.45) is 0 Å². The van der Waals surface area contributed by atoms with Crippen molar-refractivity contribution < 1.29 is 26.0 Å². The largest absolute Gasteiger partial charge is 0.309 e. The van der Waals surface area contributed by atoms with Crippen LogP contribution in [0.15, 0.2) is 115 Å². The summed E-state index contributed by atoms with van der Waals surface area (Å²) in [6, 6.07) is -11.5. The number of fused-ring (bicyclic) bond motifs is 9. The van der Waals surface area contributed by atoms with Crippen molar-refractivity contribution in [1.82, 2.24) is 19.1 Å². The normalized spacial score (nSPS) is 18.8. The van der Waals surface area contributed by atoms with Crippen molar-refractivity contribution in [1.29, 1.82) is 0 Å². The first-order valence-electron chi connectivity index (χ1n) is 21.4. The van der Waals surface area contributed by atoms with E-state index < -0.39 is 114 Å². The van der Waals surface area contributed by atoms with Gasteiger partial charge < -0.3 is 4.57 Å². The van der Waals surface area contributed by atoms with Gasteiger partial charge in [0.15, 0.2) is 5.82 Å². The zero-order valence-electron chi connectivity index (χ0n) is 39.2. The van der Waals surface area contributed by atoms with Gasteiger partial charge in [-0.05, 0) is 55.3 Å². The summed E-state index contributed by atoms with van der Waals surface area (Å²) in [6.45, 7) is 1.49. The highest BCUT2D eigenvalue weighted by molar-refractivity contribution is 7.26. The third-order valence-corrected chi connectivity index (χ3v) is 7.78. The van der Waals surface area contributed by atoms with E-state index in [2.05, 4.69) is 9.97 Å². The van der Waals surface area contributed by atoms with Gasteiger partial charge in [-0.15, -0.1) is 11.3 Å². The lowest BCUT2D eigenvalue weighted by Crippen LogP contribution is -1.99. The molecule has 0 N–H and O–H groups in total. The fourth-order valence-corrected chi connectivity index (χ4v) is 6.08. The molecule has 0 fully saturated rings. The summed E-state index contributed by atoms with van der Waals surface area (Å²) >= 11 is 0.871. The van der Waals surface area contributed by atoms with E-state index in [1.165, 1.54) is 6.92 Å². The van der Waals surface area contributed by atoms with E-state index >= 15 is 0 Å². The number of thiophene rings is 1. The summed E-state index contributed by atoms with van der Waals surface area (Å²) in [5, 5.41) is -1.29. The van der Waals surface area contributed by atoms with Crippen LogP contribution in [0.25, 0.3) is 75.4 Å². The molecule has 0 aliphatic heterocycles. The smallest absolute Gasteiger partial charge is 0.159 e. The average Bonchev–Trinajstić information content (AvgIpc) is 3.88. The average molecular weight is 550 g/mol. The second-order valence-corrected chi connectivity index (χ2v) is 9.94. The predicted molar refractivity (Wildman–Crippen MR) is 168 cm³/mol. The van der Waals surface area contributed by atoms with Crippen LogP contribution in [-0.2, 0) is 0 Å². The van der Waals surface area contributed by atoms with Crippen molar-refractivity contribution in [3.8, 4) is 11.5 Å². The molecule has 4 nitrogen and oxygen atoms in total. The molecule has 0 atom stereocenters. The Balaban J connectivity index is 1.57. The van der Waals surface area contributed by atoms with Crippen molar-refractivity contribution in [2.75, 3.05) is 0 Å². The van der Waals surface area contributed by atoms with Crippen molar-refractivity contribution >= 4 is 75.3 Å². The second kappa shape index (κ2) is 8.01. The van der Waals surface area contributed by atoms with Gasteiger partial charge in [-0.25, -0.2) is 9.97 Å². The summed E-state index contributed by atoms with van der Waals surface area (Å²) in [4.78, 5) is 8.58. The van der Waals surface area contributed by atoms with Crippen LogP contribution in [0.1, 0.15) is 31.6 Å². The first-order chi connectivity index (χ1) is 27.7. The molecule has 4 aromatic heterocycles. The molecule has 9 aromatic rings. The SMILES string of the molecule is [2H]c1nc(-n2c3c([2H])c([2H])c([2H])c([2H])c3c3c([2H])c(-n4c5c([2H])c([2H])c([2H])c([2H])c5c5c([2H])c([2H])c([2H])c([2H])c54)c([2H])c([2H])c32)c2sc3c([2H])c([2H])c(C)c([2H])c3c2n1. The van der Waals surface area contributed by atoms with Gasteiger partial charge >= 0.3 is 0 Å². The number of para-hydroxylation sites is 3. The van der Waals surface area contributed by atoms with Crippen LogP contribution >= 0.6 is 11.3 Å². The molecule has 0 aliphatic rings. The fourth-order valence-electron chi connectivity index (χ4n) is 5.05. The van der Waals surface area contributed by atoms with Crippen molar-refractivity contribution in [3.05, 3.63) is 121 Å². The number of rotatable bonds is 2. The van der Waals surface area contributed by atoms with Crippen molar-refractivity contribution in [3.63, 3.8) is 0 Å². The number of nitrogens with zero attached hydrogens (tertiary/aromatic N) is 4. The highest BCUT2D eigenvalue weighted by Gasteiger charge is 2.19. The molecule has 0 saturated carbocycles. The molecule has 9 rings (SSSR count). The monoisotopic (exact) mass is 549 g/mol. The van der Waals surface area contributed by atoms with Crippen LogP contribution in [0.5, 0.6) is 0 Å². The minimum Gasteiger partial charge on any atom is -0.309 e. The van der Waals surface area contributed by atoms with E-state index in [-0.39, 0.29) is 82.4 Å². The van der Waals surface area contributed by atoms with Crippen LogP contribution < -0.4 is 0 Å². The minimum atomic E-state index is -0.815. The highest BCUT2D eigenvalue weighted by atomic mass is 32.1. The topological polar surface area (TPSA) is 35.6 Å². The minimum absolute atomic E-state index is 0.00586. The Labute approximate surface area is 260 Å². The van der Waals surface area contributed by atoms with E-state index in [9.17, 15) is 4.11 Å². The van der Waals surface area contributed by atoms with Crippen LogP contribution in [-0.4, -0.2) is 19.1 Å². The molecule has 0 aliphatic carbocycles. The van der Waals surface area contributed by atoms with E-state index in [4.69, 9.17) is 21.9 Å². The van der Waals surface area contributed by atoms with Crippen LogP contribution in [0.4, 0.5) is 0 Å². The molecule has 0 spiro atoms. The molecule has 5 heteroatoms. The van der Waals surface area contributed by atoms with Gasteiger partial charge in [-0.2, -0.15) is 0 Å². The lowest BCUT2D eigenvalue weighted by atomic mass is 10.1. The molecule has 5 aromatic carbocycles. The number of benzene rings is 5. The zero-order chi connectivity index (χ0) is 42.9. The van der Waals surface area contributed by atoms with Gasteiger partial charge in [-0.3, -0.25) is 4.57 Å². The zero-order valence-corrected chi connectivity index (χ0v) is 21.0. The van der Waals surface area contributed by atoms with Gasteiger partial charge in [0.1, 0.15) is 7.67 Å². The summed E-state index contributed by atoms with van der Waals surface area (Å²) in [7, 11) is 0. The van der Waals surface area contributed by atoms with E-state index in [1.54, 1.807) is 0 Å². The molecule has 0 amide bonds. The second-order valence-electron chi connectivity index (χ2n) is 8.92. The highest BCUT2D eigenvalue weighted by Crippen LogP contribution is 2.40. The van der Waals surface area contributed by atoms with E-state index in [0.717, 1.165) is 20.5 Å². The van der Waals surface area contributed by atoms with Crippen LogP contribution in [0.3, 0.4) is 0 Å². The third kappa shape index (κ3) is 2.90. The Morgan fingerprint density at radius 1 is 0.600 bits per heavy atom. The summed E-state index contributed by atoms with van der Waals surface area (Å²) in [5.74, 6) is -0.255.